The van der Waals surface area contributed by atoms with E-state index in [1.807, 2.05) is 29.2 Å². The van der Waals surface area contributed by atoms with Crippen molar-refractivity contribution in [2.24, 2.45) is 0 Å². The van der Waals surface area contributed by atoms with Crippen LogP contribution in [0.15, 0.2) is 24.3 Å². The van der Waals surface area contributed by atoms with Crippen molar-refractivity contribution in [2.75, 3.05) is 32.6 Å². The summed E-state index contributed by atoms with van der Waals surface area (Å²) >= 11 is 0. The molecule has 1 fully saturated rings. The molecular formula is C12H16N2O2. The number of likely N-dealkylation sites (N-methyl/N-ethyl adjacent to an activating group) is 1. The molecule has 0 saturated carbocycles. The van der Waals surface area contributed by atoms with Crippen molar-refractivity contribution in [3.63, 3.8) is 0 Å². The lowest BCUT2D eigenvalue weighted by molar-refractivity contribution is -0.127. The van der Waals surface area contributed by atoms with Gasteiger partial charge in [0.25, 0.3) is 0 Å². The number of benzene rings is 1. The quantitative estimate of drug-likeness (QED) is 0.712. The molecule has 4 nitrogen and oxygen atoms in total. The summed E-state index contributed by atoms with van der Waals surface area (Å²) in [4.78, 5) is 15.4. The Kier molecular flexibility index (Phi) is 2.73. The zero-order chi connectivity index (χ0) is 11.7. The maximum atomic E-state index is 11.7. The van der Waals surface area contributed by atoms with Crippen LogP contribution in [0.3, 0.4) is 0 Å². The third kappa shape index (κ3) is 1.83. The minimum Gasteiger partial charge on any atom is -0.495 e. The van der Waals surface area contributed by atoms with Crippen molar-refractivity contribution in [3.05, 3.63) is 24.3 Å². The van der Waals surface area contributed by atoms with Gasteiger partial charge in [0.05, 0.1) is 12.8 Å². The summed E-state index contributed by atoms with van der Waals surface area (Å²) in [7, 11) is 5.20. The molecule has 86 valence electrons. The van der Waals surface area contributed by atoms with Gasteiger partial charge in [-0.1, -0.05) is 12.1 Å². The molecule has 1 aromatic carbocycles. The minimum atomic E-state index is -0.0219. The van der Waals surface area contributed by atoms with Gasteiger partial charge in [-0.25, -0.2) is 0 Å². The molecule has 1 amide bonds. The summed E-state index contributed by atoms with van der Waals surface area (Å²) in [6, 6.07) is 7.74. The van der Waals surface area contributed by atoms with Crippen molar-refractivity contribution in [1.82, 2.24) is 4.90 Å². The van der Waals surface area contributed by atoms with Crippen LogP contribution in [0.5, 0.6) is 5.75 Å². The molecule has 1 aromatic rings. The highest BCUT2D eigenvalue weighted by molar-refractivity contribution is 5.91. The van der Waals surface area contributed by atoms with Gasteiger partial charge in [0.15, 0.2) is 0 Å². The molecule has 1 aliphatic heterocycles. The lowest BCUT2D eigenvalue weighted by atomic mass is 10.3. The second kappa shape index (κ2) is 4.04. The number of para-hydroxylation sites is 2. The second-order valence-electron chi connectivity index (χ2n) is 4.07. The van der Waals surface area contributed by atoms with E-state index in [0.29, 0.717) is 0 Å². The van der Waals surface area contributed by atoms with E-state index in [-0.39, 0.29) is 11.9 Å². The van der Waals surface area contributed by atoms with Gasteiger partial charge in [0.2, 0.25) is 5.91 Å². The van der Waals surface area contributed by atoms with Crippen LogP contribution in [0.2, 0.25) is 0 Å². The topological polar surface area (TPSA) is 32.6 Å². The Bertz CT molecular complexity index is 404. The number of hydrogen-bond acceptors (Lipinski definition) is 3. The zero-order valence-electron chi connectivity index (χ0n) is 9.80. The maximum absolute atomic E-state index is 11.7. The molecule has 0 N–H and O–H groups in total. The summed E-state index contributed by atoms with van der Waals surface area (Å²) in [5.41, 5.74) is 0.991. The first-order valence-electron chi connectivity index (χ1n) is 5.26. The van der Waals surface area contributed by atoms with Crippen LogP contribution < -0.4 is 9.64 Å². The van der Waals surface area contributed by atoms with Gasteiger partial charge in [-0.3, -0.25) is 4.79 Å². The Morgan fingerprint density at radius 2 is 2.12 bits per heavy atom. The van der Waals surface area contributed by atoms with Crippen LogP contribution in [-0.2, 0) is 4.79 Å². The molecule has 1 saturated heterocycles. The van der Waals surface area contributed by atoms with Crippen LogP contribution in [0, 0.1) is 0 Å². The smallest absolute Gasteiger partial charge is 0.246 e. The van der Waals surface area contributed by atoms with Gasteiger partial charge < -0.3 is 14.5 Å². The first-order chi connectivity index (χ1) is 7.65. The highest BCUT2D eigenvalue weighted by Crippen LogP contribution is 2.36. The van der Waals surface area contributed by atoms with E-state index >= 15 is 0 Å². The first-order valence-corrected chi connectivity index (χ1v) is 5.26. The number of amides is 1. The van der Waals surface area contributed by atoms with Crippen LogP contribution in [0.1, 0.15) is 0 Å². The fraction of sp³-hybridized carbons (Fsp3) is 0.417. The number of carbonyl (C=O) groups is 1. The van der Waals surface area contributed by atoms with Crippen LogP contribution in [0.4, 0.5) is 5.69 Å². The fourth-order valence-electron chi connectivity index (χ4n) is 1.78. The number of anilines is 1. The van der Waals surface area contributed by atoms with Gasteiger partial charge in [-0.15, -0.1) is 0 Å². The largest absolute Gasteiger partial charge is 0.495 e. The third-order valence-corrected chi connectivity index (χ3v) is 2.73. The average Bonchev–Trinajstić information content (AvgIpc) is 3.07. The van der Waals surface area contributed by atoms with Gasteiger partial charge >= 0.3 is 0 Å². The van der Waals surface area contributed by atoms with Crippen LogP contribution in [-0.4, -0.2) is 44.6 Å². The lowest BCUT2D eigenvalue weighted by Crippen LogP contribution is -2.28. The van der Waals surface area contributed by atoms with Crippen molar-refractivity contribution in [3.8, 4) is 5.75 Å². The average molecular weight is 220 g/mol. The number of methoxy groups -OCH3 is 1. The number of carbonyl (C=O) groups excluding carboxylic acids is 1. The predicted molar refractivity (Wildman–Crippen MR) is 62.8 cm³/mol. The van der Waals surface area contributed by atoms with Gasteiger partial charge in [0.1, 0.15) is 11.8 Å². The predicted octanol–water partition coefficient (Wildman–Crippen LogP) is 0.972. The fourth-order valence-corrected chi connectivity index (χ4v) is 1.78. The first kappa shape index (κ1) is 10.8. The highest BCUT2D eigenvalue weighted by atomic mass is 16.5. The summed E-state index contributed by atoms with van der Waals surface area (Å²) in [6.07, 6.45) is 0. The number of ether oxygens (including phenoxy) is 1. The maximum Gasteiger partial charge on any atom is 0.246 e. The number of hydrogen-bond donors (Lipinski definition) is 0. The normalized spacial score (nSPS) is 18.2. The van der Waals surface area contributed by atoms with Crippen LogP contribution >= 0.6 is 0 Å². The molecule has 1 unspecified atom stereocenters. The van der Waals surface area contributed by atoms with Gasteiger partial charge in [-0.2, -0.15) is 0 Å². The van der Waals surface area contributed by atoms with E-state index in [9.17, 15) is 4.79 Å². The van der Waals surface area contributed by atoms with E-state index in [0.717, 1.165) is 18.0 Å². The van der Waals surface area contributed by atoms with Crippen molar-refractivity contribution >= 4 is 11.6 Å². The summed E-state index contributed by atoms with van der Waals surface area (Å²) in [6.45, 7) is 0.775. The molecule has 4 heteroatoms. The Balaban J connectivity index is 2.14. The van der Waals surface area contributed by atoms with Crippen molar-refractivity contribution in [2.45, 2.75) is 6.04 Å². The molecule has 1 atom stereocenters. The Morgan fingerprint density at radius 1 is 1.44 bits per heavy atom. The van der Waals surface area contributed by atoms with E-state index in [4.69, 9.17) is 4.74 Å². The molecule has 0 aromatic heterocycles. The van der Waals surface area contributed by atoms with Gasteiger partial charge in [0, 0.05) is 20.6 Å². The second-order valence-corrected chi connectivity index (χ2v) is 4.07. The Hall–Kier alpha value is -1.71. The molecule has 1 aliphatic rings. The standard InChI is InChI=1S/C12H16N2O2/c1-13(2)12(15)10-8-14(10)9-6-4-5-7-11(9)16-3/h4-7,10H,8H2,1-3H3. The van der Waals surface area contributed by atoms with E-state index in [1.165, 1.54) is 0 Å². The molecule has 0 spiro atoms. The molecule has 16 heavy (non-hydrogen) atoms. The van der Waals surface area contributed by atoms with Crippen molar-refractivity contribution in [1.29, 1.82) is 0 Å². The number of nitrogens with zero attached hydrogens (tertiary/aromatic N) is 2. The number of rotatable bonds is 3. The molecule has 1 heterocycles. The molecular weight excluding hydrogens is 204 g/mol. The minimum absolute atomic E-state index is 0.0219. The summed E-state index contributed by atoms with van der Waals surface area (Å²) in [5, 5.41) is 0. The molecule has 0 aliphatic carbocycles. The zero-order valence-corrected chi connectivity index (χ0v) is 9.80. The summed E-state index contributed by atoms with van der Waals surface area (Å²) < 4.78 is 5.27. The van der Waals surface area contributed by atoms with E-state index < -0.39 is 0 Å². The Labute approximate surface area is 95.4 Å². The SMILES string of the molecule is COc1ccccc1N1CC1C(=O)N(C)C. The lowest BCUT2D eigenvalue weighted by Gasteiger charge is -2.13. The van der Waals surface area contributed by atoms with E-state index in [1.54, 1.807) is 26.1 Å². The summed E-state index contributed by atoms with van der Waals surface area (Å²) in [5.74, 6) is 0.961. The van der Waals surface area contributed by atoms with Crippen LogP contribution in [0.25, 0.3) is 0 Å². The van der Waals surface area contributed by atoms with Gasteiger partial charge in [-0.05, 0) is 12.1 Å². The Morgan fingerprint density at radius 3 is 2.75 bits per heavy atom. The van der Waals surface area contributed by atoms with Crippen molar-refractivity contribution < 1.29 is 9.53 Å². The molecule has 2 rings (SSSR count). The third-order valence-electron chi connectivity index (χ3n) is 2.73. The molecule has 0 radical (unpaired) electrons. The highest BCUT2D eigenvalue weighted by Gasteiger charge is 2.42. The molecule has 0 bridgehead atoms. The van der Waals surface area contributed by atoms with E-state index in [2.05, 4.69) is 0 Å². The monoisotopic (exact) mass is 220 g/mol.